The van der Waals surface area contributed by atoms with Crippen LogP contribution in [0.2, 0.25) is 0 Å². The van der Waals surface area contributed by atoms with Crippen molar-refractivity contribution in [2.75, 3.05) is 5.73 Å². The van der Waals surface area contributed by atoms with Crippen molar-refractivity contribution in [3.63, 3.8) is 0 Å². The summed E-state index contributed by atoms with van der Waals surface area (Å²) in [5.41, 5.74) is 13.0. The highest BCUT2D eigenvalue weighted by atomic mass is 32.1. The van der Waals surface area contributed by atoms with Crippen molar-refractivity contribution in [2.45, 2.75) is 0 Å². The predicted molar refractivity (Wildman–Crippen MR) is 77.4 cm³/mol. The van der Waals surface area contributed by atoms with Gasteiger partial charge >= 0.3 is 0 Å². The van der Waals surface area contributed by atoms with Crippen molar-refractivity contribution in [3.05, 3.63) is 59.4 Å². The van der Waals surface area contributed by atoms with E-state index in [9.17, 15) is 0 Å². The van der Waals surface area contributed by atoms with E-state index in [2.05, 4.69) is 17.1 Å². The summed E-state index contributed by atoms with van der Waals surface area (Å²) in [6.07, 6.45) is 0. The fourth-order valence-electron chi connectivity index (χ4n) is 2.00. The molecule has 0 saturated carbocycles. The molecule has 0 fully saturated rings. The molecular formula is C15H12N2S. The van der Waals surface area contributed by atoms with Crippen LogP contribution < -0.4 is 5.73 Å². The first-order valence-corrected chi connectivity index (χ1v) is 6.63. The van der Waals surface area contributed by atoms with Crippen LogP contribution in [0.1, 0.15) is 0 Å². The van der Waals surface area contributed by atoms with Crippen molar-refractivity contribution >= 4 is 17.0 Å². The third-order valence-corrected chi connectivity index (χ3v) is 3.49. The molecule has 0 bridgehead atoms. The first-order valence-electron chi connectivity index (χ1n) is 5.69. The number of rotatable bonds is 2. The number of hydrogen-bond acceptors (Lipinski definition) is 3. The number of nitrogen functional groups attached to an aromatic ring is 1. The normalized spacial score (nSPS) is 10.4. The van der Waals surface area contributed by atoms with Gasteiger partial charge in [0.2, 0.25) is 0 Å². The Morgan fingerprint density at radius 1 is 0.889 bits per heavy atom. The lowest BCUT2D eigenvalue weighted by Gasteiger charge is -2.09. The van der Waals surface area contributed by atoms with Gasteiger partial charge in [0.05, 0.1) is 11.2 Å². The molecule has 0 saturated heterocycles. The number of nitrogens with zero attached hydrogens (tertiary/aromatic N) is 1. The summed E-state index contributed by atoms with van der Waals surface area (Å²) in [4.78, 5) is 4.32. The molecule has 0 amide bonds. The molecule has 0 atom stereocenters. The molecule has 2 N–H and O–H groups in total. The second-order valence-electron chi connectivity index (χ2n) is 4.01. The zero-order valence-corrected chi connectivity index (χ0v) is 10.5. The van der Waals surface area contributed by atoms with Gasteiger partial charge in [-0.3, -0.25) is 0 Å². The van der Waals surface area contributed by atoms with Crippen LogP contribution in [-0.4, -0.2) is 4.98 Å². The van der Waals surface area contributed by atoms with E-state index in [1.54, 1.807) is 11.3 Å². The van der Waals surface area contributed by atoms with Crippen LogP contribution in [-0.2, 0) is 0 Å². The van der Waals surface area contributed by atoms with Crippen LogP contribution in [0.4, 0.5) is 5.69 Å². The number of aromatic nitrogens is 1. The van der Waals surface area contributed by atoms with Crippen molar-refractivity contribution in [2.24, 2.45) is 0 Å². The Hall–Kier alpha value is -2.13. The third-order valence-electron chi connectivity index (χ3n) is 2.90. The zero-order valence-electron chi connectivity index (χ0n) is 9.71. The van der Waals surface area contributed by atoms with E-state index < -0.39 is 0 Å². The molecule has 0 radical (unpaired) electrons. The lowest BCUT2D eigenvalue weighted by molar-refractivity contribution is 1.41. The topological polar surface area (TPSA) is 38.9 Å². The molecule has 0 unspecified atom stereocenters. The standard InChI is InChI=1S/C15H12N2S/c16-15-12(11-5-2-1-3-6-11)7-4-8-13(15)14-9-18-10-17-14/h1-10H,16H2. The minimum Gasteiger partial charge on any atom is -0.398 e. The van der Waals surface area contributed by atoms with Crippen molar-refractivity contribution in [1.82, 2.24) is 4.98 Å². The first kappa shape index (κ1) is 11.0. The van der Waals surface area contributed by atoms with E-state index >= 15 is 0 Å². The van der Waals surface area contributed by atoms with Crippen molar-refractivity contribution < 1.29 is 0 Å². The molecule has 1 aromatic heterocycles. The monoisotopic (exact) mass is 252 g/mol. The third kappa shape index (κ3) is 1.89. The van der Waals surface area contributed by atoms with Gasteiger partial charge in [0, 0.05) is 22.2 Å². The number of thiazole rings is 1. The summed E-state index contributed by atoms with van der Waals surface area (Å²) < 4.78 is 0. The average molecular weight is 252 g/mol. The van der Waals surface area contributed by atoms with Crippen LogP contribution in [0.5, 0.6) is 0 Å². The molecule has 0 aliphatic heterocycles. The quantitative estimate of drug-likeness (QED) is 0.698. The number of nitrogens with two attached hydrogens (primary N) is 1. The van der Waals surface area contributed by atoms with E-state index in [1.165, 1.54) is 0 Å². The van der Waals surface area contributed by atoms with Gasteiger partial charge in [-0.15, -0.1) is 11.3 Å². The highest BCUT2D eigenvalue weighted by molar-refractivity contribution is 7.07. The molecule has 3 aromatic rings. The average Bonchev–Trinajstić information content (AvgIpc) is 2.94. The molecule has 0 aliphatic carbocycles. The maximum Gasteiger partial charge on any atom is 0.0832 e. The molecule has 0 spiro atoms. The van der Waals surface area contributed by atoms with Gasteiger partial charge in [0.25, 0.3) is 0 Å². The summed E-state index contributed by atoms with van der Waals surface area (Å²) in [5, 5.41) is 2.01. The Kier molecular flexibility index (Phi) is 2.82. The summed E-state index contributed by atoms with van der Waals surface area (Å²) in [7, 11) is 0. The van der Waals surface area contributed by atoms with E-state index in [4.69, 9.17) is 5.73 Å². The maximum atomic E-state index is 6.27. The molecule has 0 aliphatic rings. The predicted octanol–water partition coefficient (Wildman–Crippen LogP) is 4.06. The second kappa shape index (κ2) is 4.63. The zero-order chi connectivity index (χ0) is 12.4. The van der Waals surface area contributed by atoms with Crippen molar-refractivity contribution in [3.8, 4) is 22.4 Å². The minimum atomic E-state index is 0.787. The molecule has 2 nitrogen and oxygen atoms in total. The van der Waals surface area contributed by atoms with Crippen molar-refractivity contribution in [1.29, 1.82) is 0 Å². The maximum absolute atomic E-state index is 6.27. The number of benzene rings is 2. The number of hydrogen-bond donors (Lipinski definition) is 1. The van der Waals surface area contributed by atoms with Gasteiger partial charge in [0.1, 0.15) is 0 Å². The second-order valence-corrected chi connectivity index (χ2v) is 4.73. The molecule has 88 valence electrons. The molecule has 2 aromatic carbocycles. The molecular weight excluding hydrogens is 240 g/mol. The Bertz CT molecular complexity index is 646. The van der Waals surface area contributed by atoms with E-state index in [1.807, 2.05) is 47.3 Å². The summed E-state index contributed by atoms with van der Waals surface area (Å²) >= 11 is 1.58. The molecule has 3 rings (SSSR count). The fourth-order valence-corrected chi connectivity index (χ4v) is 2.56. The van der Waals surface area contributed by atoms with Gasteiger partial charge in [-0.1, -0.05) is 48.5 Å². The SMILES string of the molecule is Nc1c(-c2ccccc2)cccc1-c1cscn1. The van der Waals surface area contributed by atoms with Crippen LogP contribution >= 0.6 is 11.3 Å². The lowest BCUT2D eigenvalue weighted by Crippen LogP contribution is -1.94. The van der Waals surface area contributed by atoms with Gasteiger partial charge < -0.3 is 5.73 Å². The van der Waals surface area contributed by atoms with Gasteiger partial charge in [-0.2, -0.15) is 0 Å². The highest BCUT2D eigenvalue weighted by Crippen LogP contribution is 2.34. The Morgan fingerprint density at radius 2 is 1.67 bits per heavy atom. The molecule has 1 heterocycles. The summed E-state index contributed by atoms with van der Waals surface area (Å²) in [5.74, 6) is 0. The van der Waals surface area contributed by atoms with E-state index in [0.29, 0.717) is 0 Å². The molecule has 3 heteroatoms. The summed E-state index contributed by atoms with van der Waals surface area (Å²) in [6.45, 7) is 0. The Morgan fingerprint density at radius 3 is 2.39 bits per heavy atom. The van der Waals surface area contributed by atoms with Gasteiger partial charge in [-0.05, 0) is 5.56 Å². The van der Waals surface area contributed by atoms with Crippen LogP contribution in [0.15, 0.2) is 59.4 Å². The fraction of sp³-hybridized carbons (Fsp3) is 0. The minimum absolute atomic E-state index is 0.787. The summed E-state index contributed by atoms with van der Waals surface area (Å²) in [6, 6.07) is 16.2. The Balaban J connectivity index is 2.16. The van der Waals surface area contributed by atoms with Crippen LogP contribution in [0.25, 0.3) is 22.4 Å². The number of para-hydroxylation sites is 1. The smallest absolute Gasteiger partial charge is 0.0832 e. The number of anilines is 1. The largest absolute Gasteiger partial charge is 0.398 e. The van der Waals surface area contributed by atoms with Gasteiger partial charge in [-0.25, -0.2) is 4.98 Å². The Labute approximate surface area is 110 Å². The van der Waals surface area contributed by atoms with Crippen LogP contribution in [0.3, 0.4) is 0 Å². The van der Waals surface area contributed by atoms with Gasteiger partial charge in [0.15, 0.2) is 0 Å². The molecule has 18 heavy (non-hydrogen) atoms. The lowest BCUT2D eigenvalue weighted by atomic mass is 9.99. The van der Waals surface area contributed by atoms with E-state index in [0.717, 1.165) is 28.1 Å². The first-order chi connectivity index (χ1) is 8.86. The van der Waals surface area contributed by atoms with Crippen LogP contribution in [0, 0.1) is 0 Å². The highest BCUT2D eigenvalue weighted by Gasteiger charge is 2.09. The van der Waals surface area contributed by atoms with E-state index in [-0.39, 0.29) is 0 Å².